The maximum Gasteiger partial charge on any atom is 0.326 e. The summed E-state index contributed by atoms with van der Waals surface area (Å²) in [5.41, 5.74) is 12.7. The SMILES string of the molecule is CCC(C)C(N)C(=O)NC(CCC(N)=O)C(=O)NC(Cc1ccccc1)C(=O)NC(Cc1ccccc1)C(=O)O. The van der Waals surface area contributed by atoms with Crippen molar-refractivity contribution in [1.82, 2.24) is 16.0 Å². The van der Waals surface area contributed by atoms with E-state index in [0.717, 1.165) is 5.56 Å². The third kappa shape index (κ3) is 10.5. The molecule has 2 aromatic carbocycles. The van der Waals surface area contributed by atoms with Gasteiger partial charge in [0, 0.05) is 19.3 Å². The smallest absolute Gasteiger partial charge is 0.326 e. The van der Waals surface area contributed by atoms with Gasteiger partial charge in [-0.1, -0.05) is 80.9 Å². The predicted molar refractivity (Wildman–Crippen MR) is 150 cm³/mol. The van der Waals surface area contributed by atoms with Gasteiger partial charge >= 0.3 is 5.97 Å². The topological polar surface area (TPSA) is 194 Å². The molecular formula is C29H39N5O6. The molecule has 0 heterocycles. The van der Waals surface area contributed by atoms with E-state index in [1.165, 1.54) is 0 Å². The Labute approximate surface area is 234 Å². The molecule has 0 bridgehead atoms. The van der Waals surface area contributed by atoms with E-state index < -0.39 is 53.8 Å². The molecule has 0 spiro atoms. The molecule has 5 unspecified atom stereocenters. The second kappa shape index (κ2) is 16.0. The second-order valence-corrected chi connectivity index (χ2v) is 9.82. The van der Waals surface area contributed by atoms with E-state index in [-0.39, 0.29) is 31.6 Å². The van der Waals surface area contributed by atoms with Gasteiger partial charge in [-0.2, -0.15) is 0 Å². The van der Waals surface area contributed by atoms with Crippen molar-refractivity contribution in [3.8, 4) is 0 Å². The number of carboxylic acid groups (broad SMARTS) is 1. The first kappa shape index (κ1) is 32.0. The molecule has 0 saturated heterocycles. The summed E-state index contributed by atoms with van der Waals surface area (Å²) < 4.78 is 0. The van der Waals surface area contributed by atoms with Crippen LogP contribution in [0.5, 0.6) is 0 Å². The Morgan fingerprint density at radius 2 is 1.20 bits per heavy atom. The van der Waals surface area contributed by atoms with Gasteiger partial charge in [-0.15, -0.1) is 0 Å². The number of hydrogen-bond donors (Lipinski definition) is 6. The van der Waals surface area contributed by atoms with Crippen molar-refractivity contribution in [2.75, 3.05) is 0 Å². The molecular weight excluding hydrogens is 514 g/mol. The lowest BCUT2D eigenvalue weighted by molar-refractivity contribution is -0.142. The largest absolute Gasteiger partial charge is 0.480 e. The van der Waals surface area contributed by atoms with Gasteiger partial charge in [0.05, 0.1) is 6.04 Å². The number of carbonyl (C=O) groups excluding carboxylic acids is 4. The molecule has 0 radical (unpaired) electrons. The number of nitrogens with one attached hydrogen (secondary N) is 3. The van der Waals surface area contributed by atoms with Crippen LogP contribution in [-0.2, 0) is 36.8 Å². The van der Waals surface area contributed by atoms with Gasteiger partial charge < -0.3 is 32.5 Å². The van der Waals surface area contributed by atoms with E-state index in [1.807, 2.05) is 6.92 Å². The minimum Gasteiger partial charge on any atom is -0.480 e. The average Bonchev–Trinajstić information content (AvgIpc) is 2.94. The number of nitrogens with two attached hydrogens (primary N) is 2. The third-order valence-electron chi connectivity index (χ3n) is 6.69. The fraction of sp³-hybridized carbons (Fsp3) is 0.414. The molecule has 4 amide bonds. The summed E-state index contributed by atoms with van der Waals surface area (Å²) in [6.07, 6.45) is 0.438. The molecule has 2 aromatic rings. The number of carboxylic acids is 1. The maximum absolute atomic E-state index is 13.4. The average molecular weight is 554 g/mol. The zero-order valence-electron chi connectivity index (χ0n) is 22.8. The zero-order valence-corrected chi connectivity index (χ0v) is 22.8. The van der Waals surface area contributed by atoms with Crippen LogP contribution in [0.3, 0.4) is 0 Å². The minimum atomic E-state index is -1.25. The van der Waals surface area contributed by atoms with Gasteiger partial charge in [-0.3, -0.25) is 19.2 Å². The molecule has 40 heavy (non-hydrogen) atoms. The van der Waals surface area contributed by atoms with E-state index in [1.54, 1.807) is 67.6 Å². The summed E-state index contributed by atoms with van der Waals surface area (Å²) in [4.78, 5) is 62.8. The number of carbonyl (C=O) groups is 5. The summed E-state index contributed by atoms with van der Waals surface area (Å²) in [7, 11) is 0. The fourth-order valence-electron chi connectivity index (χ4n) is 3.99. The van der Waals surface area contributed by atoms with Gasteiger partial charge in [-0.05, 0) is 23.5 Å². The molecule has 0 saturated carbocycles. The Morgan fingerprint density at radius 1 is 0.750 bits per heavy atom. The van der Waals surface area contributed by atoms with Crippen molar-refractivity contribution in [3.05, 3.63) is 71.8 Å². The summed E-state index contributed by atoms with van der Waals surface area (Å²) in [5, 5.41) is 17.5. The number of rotatable bonds is 16. The molecule has 0 fully saturated rings. The summed E-state index contributed by atoms with van der Waals surface area (Å²) in [5.74, 6) is -4.06. The van der Waals surface area contributed by atoms with Crippen molar-refractivity contribution in [1.29, 1.82) is 0 Å². The first-order valence-electron chi connectivity index (χ1n) is 13.3. The number of primary amides is 1. The first-order valence-corrected chi connectivity index (χ1v) is 13.3. The molecule has 0 aromatic heterocycles. The predicted octanol–water partition coefficient (Wildman–Crippen LogP) is 0.650. The Kier molecular flexibility index (Phi) is 12.8. The highest BCUT2D eigenvalue weighted by molar-refractivity contribution is 5.94. The van der Waals surface area contributed by atoms with Gasteiger partial charge in [-0.25, -0.2) is 4.79 Å². The minimum absolute atomic E-state index is 0.0404. The molecule has 2 rings (SSSR count). The van der Waals surface area contributed by atoms with Gasteiger partial charge in [0.15, 0.2) is 0 Å². The lowest BCUT2D eigenvalue weighted by atomic mass is 9.98. The highest BCUT2D eigenvalue weighted by Gasteiger charge is 2.31. The van der Waals surface area contributed by atoms with Crippen LogP contribution in [0, 0.1) is 5.92 Å². The Hall–Kier alpha value is -4.25. The molecule has 216 valence electrons. The van der Waals surface area contributed by atoms with Crippen molar-refractivity contribution in [2.24, 2.45) is 17.4 Å². The monoisotopic (exact) mass is 553 g/mol. The van der Waals surface area contributed by atoms with Crippen LogP contribution >= 0.6 is 0 Å². The van der Waals surface area contributed by atoms with Crippen molar-refractivity contribution >= 4 is 29.6 Å². The van der Waals surface area contributed by atoms with Crippen LogP contribution in [0.15, 0.2) is 60.7 Å². The number of benzene rings is 2. The highest BCUT2D eigenvalue weighted by Crippen LogP contribution is 2.10. The maximum atomic E-state index is 13.4. The highest BCUT2D eigenvalue weighted by atomic mass is 16.4. The summed E-state index contributed by atoms with van der Waals surface area (Å²) in [6, 6.07) is 13.2. The number of aliphatic carboxylic acids is 1. The molecule has 5 atom stereocenters. The zero-order chi connectivity index (χ0) is 29.7. The lowest BCUT2D eigenvalue weighted by Gasteiger charge is -2.26. The first-order chi connectivity index (χ1) is 19.0. The van der Waals surface area contributed by atoms with E-state index in [2.05, 4.69) is 16.0 Å². The van der Waals surface area contributed by atoms with Crippen LogP contribution in [0.2, 0.25) is 0 Å². The van der Waals surface area contributed by atoms with E-state index in [0.29, 0.717) is 12.0 Å². The lowest BCUT2D eigenvalue weighted by Crippen LogP contribution is -2.58. The summed E-state index contributed by atoms with van der Waals surface area (Å²) >= 11 is 0. The Balaban J connectivity index is 2.26. The fourth-order valence-corrected chi connectivity index (χ4v) is 3.99. The molecule has 11 heteroatoms. The van der Waals surface area contributed by atoms with Gasteiger partial charge in [0.2, 0.25) is 23.6 Å². The van der Waals surface area contributed by atoms with Crippen molar-refractivity contribution < 1.29 is 29.1 Å². The standard InChI is InChI=1S/C29H39N5O6/c1-3-18(2)25(31)28(38)32-21(14-15-24(30)35)26(36)33-22(16-19-10-6-4-7-11-19)27(37)34-23(29(39)40)17-20-12-8-5-9-13-20/h4-13,18,21-23,25H,3,14-17,31H2,1-2H3,(H2,30,35)(H,32,38)(H,33,36)(H,34,37)(H,39,40). The van der Waals surface area contributed by atoms with E-state index >= 15 is 0 Å². The van der Waals surface area contributed by atoms with Gasteiger partial charge in [0.1, 0.15) is 18.1 Å². The van der Waals surface area contributed by atoms with Crippen molar-refractivity contribution in [2.45, 2.75) is 70.1 Å². The molecule has 11 nitrogen and oxygen atoms in total. The van der Waals surface area contributed by atoms with Gasteiger partial charge in [0.25, 0.3) is 0 Å². The number of amides is 4. The normalized spacial score (nSPS) is 14.6. The Bertz CT molecular complexity index is 1140. The van der Waals surface area contributed by atoms with Crippen LogP contribution in [0.1, 0.15) is 44.2 Å². The number of hydrogen-bond acceptors (Lipinski definition) is 6. The van der Waals surface area contributed by atoms with E-state index in [9.17, 15) is 29.1 Å². The van der Waals surface area contributed by atoms with Crippen LogP contribution < -0.4 is 27.4 Å². The van der Waals surface area contributed by atoms with Crippen LogP contribution in [0.4, 0.5) is 0 Å². The third-order valence-corrected chi connectivity index (χ3v) is 6.69. The molecule has 0 aliphatic heterocycles. The second-order valence-electron chi connectivity index (χ2n) is 9.82. The molecule has 0 aliphatic carbocycles. The Morgan fingerprint density at radius 3 is 1.68 bits per heavy atom. The molecule has 0 aliphatic rings. The van der Waals surface area contributed by atoms with Crippen LogP contribution in [-0.4, -0.2) is 58.9 Å². The van der Waals surface area contributed by atoms with Crippen molar-refractivity contribution in [3.63, 3.8) is 0 Å². The van der Waals surface area contributed by atoms with Crippen LogP contribution in [0.25, 0.3) is 0 Å². The molecule has 8 N–H and O–H groups in total. The summed E-state index contributed by atoms with van der Waals surface area (Å²) in [6.45, 7) is 3.68. The van der Waals surface area contributed by atoms with E-state index in [4.69, 9.17) is 11.5 Å². The quantitative estimate of drug-likeness (QED) is 0.176.